The molecular weight excluding hydrogens is 442 g/mol. The van der Waals surface area contributed by atoms with Crippen molar-refractivity contribution in [2.45, 2.75) is 91.5 Å². The number of carbonyl (C=O) groups is 2. The molecule has 0 aromatic carbocycles. The molecule has 33 heavy (non-hydrogen) atoms. The molecule has 1 N–H and O–H groups in total. The first-order chi connectivity index (χ1) is 15.9. The molecule has 0 saturated carbocycles. The maximum Gasteiger partial charge on any atom is 0.500 e. The minimum absolute atomic E-state index is 0.106. The van der Waals surface area contributed by atoms with Crippen LogP contribution in [0.15, 0.2) is 12.2 Å². The minimum Gasteiger partial charge on any atom is -0.460 e. The van der Waals surface area contributed by atoms with E-state index in [9.17, 15) is 9.59 Å². The van der Waals surface area contributed by atoms with Gasteiger partial charge in [-0.05, 0) is 40.5 Å². The molecule has 0 aliphatic heterocycles. The van der Waals surface area contributed by atoms with Gasteiger partial charge in [0, 0.05) is 31.4 Å². The second-order valence-electron chi connectivity index (χ2n) is 7.89. The number of ether oxygens (including phenoxy) is 2. The van der Waals surface area contributed by atoms with E-state index in [1.165, 1.54) is 32.1 Å². The van der Waals surface area contributed by atoms with Gasteiger partial charge < -0.3 is 28.1 Å². The molecule has 0 bridgehead atoms. The Balaban J connectivity index is 3.57. The van der Waals surface area contributed by atoms with Crippen LogP contribution in [0.25, 0.3) is 0 Å². The van der Waals surface area contributed by atoms with Gasteiger partial charge in [-0.3, -0.25) is 0 Å². The highest BCUT2D eigenvalue weighted by Gasteiger charge is 2.39. The van der Waals surface area contributed by atoms with E-state index < -0.39 is 20.9 Å². The normalized spacial score (nSPS) is 11.3. The van der Waals surface area contributed by atoms with E-state index in [0.717, 1.165) is 31.7 Å². The van der Waals surface area contributed by atoms with Gasteiger partial charge in [0.25, 0.3) is 0 Å². The van der Waals surface area contributed by atoms with Crippen molar-refractivity contribution in [2.24, 2.45) is 0 Å². The summed E-state index contributed by atoms with van der Waals surface area (Å²) in [6.07, 6.45) is 9.74. The van der Waals surface area contributed by atoms with Gasteiger partial charge in [0.2, 0.25) is 0 Å². The third-order valence-corrected chi connectivity index (χ3v) is 8.06. The number of unbranched alkanes of at least 4 members (excludes halogenated alkanes) is 8. The fraction of sp³-hybridized carbons (Fsp3) is 0.833. The second-order valence-corrected chi connectivity index (χ2v) is 10.6. The van der Waals surface area contributed by atoms with Crippen molar-refractivity contribution in [3.8, 4) is 0 Å². The molecule has 0 fully saturated rings. The number of rotatable bonds is 22. The summed E-state index contributed by atoms with van der Waals surface area (Å²) >= 11 is 0. The number of amides is 1. The monoisotopic (exact) mass is 489 g/mol. The van der Waals surface area contributed by atoms with Crippen LogP contribution in [-0.2, 0) is 27.5 Å². The average molecular weight is 490 g/mol. The third kappa shape index (κ3) is 17.7. The van der Waals surface area contributed by atoms with E-state index in [1.807, 2.05) is 20.8 Å². The molecule has 0 rings (SSSR count). The topological polar surface area (TPSA) is 92.3 Å². The molecule has 0 aliphatic carbocycles. The Bertz CT molecular complexity index is 514. The van der Waals surface area contributed by atoms with E-state index in [4.69, 9.17) is 22.8 Å². The van der Waals surface area contributed by atoms with Crippen LogP contribution in [0.4, 0.5) is 4.79 Å². The fourth-order valence-corrected chi connectivity index (χ4v) is 6.00. The number of esters is 1. The Morgan fingerprint density at radius 2 is 1.21 bits per heavy atom. The Kier molecular flexibility index (Phi) is 20.2. The highest BCUT2D eigenvalue weighted by Crippen LogP contribution is 2.21. The zero-order valence-corrected chi connectivity index (χ0v) is 22.4. The van der Waals surface area contributed by atoms with Gasteiger partial charge >= 0.3 is 20.9 Å². The lowest BCUT2D eigenvalue weighted by atomic mass is 10.1. The van der Waals surface area contributed by atoms with Crippen molar-refractivity contribution >= 4 is 20.9 Å². The van der Waals surface area contributed by atoms with Crippen molar-refractivity contribution in [2.75, 3.05) is 39.6 Å². The lowest BCUT2D eigenvalue weighted by Gasteiger charge is -2.28. The number of alkyl carbamates (subject to hydrolysis) is 1. The molecule has 0 aromatic heterocycles. The lowest BCUT2D eigenvalue weighted by molar-refractivity contribution is -0.138. The number of hydrogen-bond acceptors (Lipinski definition) is 7. The summed E-state index contributed by atoms with van der Waals surface area (Å²) in [6, 6.07) is 0.899. The number of carbonyl (C=O) groups excluding carboxylic acids is 2. The first-order valence-electron chi connectivity index (χ1n) is 12.6. The number of nitrogens with one attached hydrogen (secondary N) is 1. The van der Waals surface area contributed by atoms with E-state index in [0.29, 0.717) is 32.0 Å². The SMILES string of the molecule is C=C(C)C(=O)OCCNC(=O)OCCCCCCCCCCC[Si](OCC)(OCC)OCC. The molecule has 0 spiro atoms. The van der Waals surface area contributed by atoms with Gasteiger partial charge in [-0.25, -0.2) is 9.59 Å². The molecule has 0 aliphatic rings. The Morgan fingerprint density at radius 3 is 1.70 bits per heavy atom. The maximum atomic E-state index is 11.5. The highest BCUT2D eigenvalue weighted by molar-refractivity contribution is 6.60. The predicted octanol–water partition coefficient (Wildman–Crippen LogP) is 5.39. The maximum absolute atomic E-state index is 11.5. The molecule has 0 heterocycles. The summed E-state index contributed by atoms with van der Waals surface area (Å²) in [7, 11) is -2.48. The summed E-state index contributed by atoms with van der Waals surface area (Å²) < 4.78 is 27.7. The van der Waals surface area contributed by atoms with Crippen LogP contribution in [0.5, 0.6) is 0 Å². The minimum atomic E-state index is -2.48. The van der Waals surface area contributed by atoms with Crippen molar-refractivity contribution in [3.05, 3.63) is 12.2 Å². The Morgan fingerprint density at radius 1 is 0.727 bits per heavy atom. The van der Waals surface area contributed by atoms with E-state index >= 15 is 0 Å². The predicted molar refractivity (Wildman–Crippen MR) is 132 cm³/mol. The molecule has 9 heteroatoms. The quantitative estimate of drug-likeness (QED) is 0.0943. The molecule has 1 amide bonds. The molecule has 8 nitrogen and oxygen atoms in total. The van der Waals surface area contributed by atoms with E-state index in [2.05, 4.69) is 11.9 Å². The Hall–Kier alpha value is -1.42. The molecule has 0 atom stereocenters. The van der Waals surface area contributed by atoms with Crippen LogP contribution in [0.3, 0.4) is 0 Å². The van der Waals surface area contributed by atoms with Gasteiger partial charge in [-0.2, -0.15) is 0 Å². The molecule has 0 saturated heterocycles. The van der Waals surface area contributed by atoms with Gasteiger partial charge in [0.05, 0.1) is 13.2 Å². The largest absolute Gasteiger partial charge is 0.500 e. The third-order valence-electron chi connectivity index (χ3n) is 4.91. The zero-order valence-electron chi connectivity index (χ0n) is 21.4. The van der Waals surface area contributed by atoms with Gasteiger partial charge in [-0.15, -0.1) is 0 Å². The molecule has 0 radical (unpaired) electrons. The highest BCUT2D eigenvalue weighted by atomic mass is 28.4. The first kappa shape index (κ1) is 31.6. The summed E-state index contributed by atoms with van der Waals surface area (Å²) in [4.78, 5) is 22.7. The summed E-state index contributed by atoms with van der Waals surface area (Å²) in [5.74, 6) is -0.460. The Labute approximate surface area is 202 Å². The molecule has 0 unspecified atom stereocenters. The summed E-state index contributed by atoms with van der Waals surface area (Å²) in [5, 5.41) is 2.55. The van der Waals surface area contributed by atoms with Gasteiger partial charge in [-0.1, -0.05) is 51.5 Å². The van der Waals surface area contributed by atoms with Crippen LogP contribution < -0.4 is 5.32 Å². The van der Waals surface area contributed by atoms with Crippen LogP contribution in [0, 0.1) is 0 Å². The molecule has 194 valence electrons. The van der Waals surface area contributed by atoms with Crippen molar-refractivity contribution in [1.82, 2.24) is 5.32 Å². The van der Waals surface area contributed by atoms with Crippen LogP contribution in [0.2, 0.25) is 6.04 Å². The van der Waals surface area contributed by atoms with Gasteiger partial charge in [0.1, 0.15) is 6.61 Å². The molecule has 0 aromatic rings. The summed E-state index contributed by atoms with van der Waals surface area (Å²) in [5.41, 5.74) is 0.336. The standard InChI is InChI=1S/C24H47NO7Si/c1-6-30-33(31-7-2,32-8-3)21-17-15-13-11-9-10-12-14-16-19-29-24(27)25-18-20-28-23(26)22(4)5/h4,6-21H2,1-3,5H3,(H,25,27). The van der Waals surface area contributed by atoms with Crippen molar-refractivity contribution in [3.63, 3.8) is 0 Å². The molecular formula is C24H47NO7Si. The smallest absolute Gasteiger partial charge is 0.460 e. The number of hydrogen-bond donors (Lipinski definition) is 1. The van der Waals surface area contributed by atoms with Crippen LogP contribution in [0.1, 0.15) is 85.5 Å². The second kappa shape index (κ2) is 21.1. The van der Waals surface area contributed by atoms with Crippen LogP contribution >= 0.6 is 0 Å². The van der Waals surface area contributed by atoms with E-state index in [1.54, 1.807) is 6.92 Å². The van der Waals surface area contributed by atoms with Gasteiger partial charge in [0.15, 0.2) is 0 Å². The average Bonchev–Trinajstić information content (AvgIpc) is 2.77. The van der Waals surface area contributed by atoms with Crippen molar-refractivity contribution < 1.29 is 32.3 Å². The van der Waals surface area contributed by atoms with E-state index in [-0.39, 0.29) is 13.2 Å². The fourth-order valence-electron chi connectivity index (χ4n) is 3.32. The van der Waals surface area contributed by atoms with Crippen LogP contribution in [-0.4, -0.2) is 60.4 Å². The van der Waals surface area contributed by atoms with Crippen molar-refractivity contribution in [1.29, 1.82) is 0 Å². The zero-order chi connectivity index (χ0) is 24.8. The summed E-state index contributed by atoms with van der Waals surface area (Å²) in [6.45, 7) is 13.7. The first-order valence-corrected chi connectivity index (χ1v) is 14.5. The lowest BCUT2D eigenvalue weighted by Crippen LogP contribution is -2.45.